The highest BCUT2D eigenvalue weighted by atomic mass is 127. The van der Waals surface area contributed by atoms with E-state index in [-0.39, 0.29) is 5.97 Å². The van der Waals surface area contributed by atoms with Crippen LogP contribution in [-0.4, -0.2) is 24.8 Å². The van der Waals surface area contributed by atoms with E-state index in [9.17, 15) is 4.79 Å². The summed E-state index contributed by atoms with van der Waals surface area (Å²) in [6.45, 7) is 0. The fourth-order valence-electron chi connectivity index (χ4n) is 2.57. The number of hydrogen-bond donors (Lipinski definition) is 0. The third kappa shape index (κ3) is 3.17. The number of carbonyl (C=O) groups excluding carboxylic acids is 1. The third-order valence-corrected chi connectivity index (χ3v) is 4.56. The van der Waals surface area contributed by atoms with Gasteiger partial charge in [0.1, 0.15) is 5.75 Å². The average Bonchev–Trinajstić information content (AvgIpc) is 3.01. The summed E-state index contributed by atoms with van der Waals surface area (Å²) in [5.74, 6) is 0.469. The number of fused-ring (bicyclic) bond motifs is 1. The lowest BCUT2D eigenvalue weighted by atomic mass is 10.2. The molecule has 0 spiro atoms. The number of hydrogen-bond acceptors (Lipinski definition) is 3. The topological polar surface area (TPSA) is 40.5 Å². The van der Waals surface area contributed by atoms with E-state index in [0.29, 0.717) is 5.56 Å². The van der Waals surface area contributed by atoms with Crippen LogP contribution in [0, 0.1) is 0 Å². The monoisotopic (exact) mass is 433 g/mol. The molecule has 0 aliphatic rings. The number of rotatable bonds is 4. The van der Waals surface area contributed by atoms with E-state index in [1.807, 2.05) is 65.4 Å². The minimum atomic E-state index is -0.337. The lowest BCUT2D eigenvalue weighted by molar-refractivity contribution is 0.0603. The predicted octanol–water partition coefficient (Wildman–Crippen LogP) is 4.83. The maximum Gasteiger partial charge on any atom is 0.340 e. The molecule has 2 aromatic carbocycles. The molecule has 4 nitrogen and oxygen atoms in total. The van der Waals surface area contributed by atoms with Gasteiger partial charge in [-0.25, -0.2) is 4.79 Å². The first-order valence-electron chi connectivity index (χ1n) is 7.34. The van der Waals surface area contributed by atoms with E-state index < -0.39 is 0 Å². The highest BCUT2D eigenvalue weighted by Crippen LogP contribution is 2.29. The number of aromatic nitrogens is 1. The van der Waals surface area contributed by atoms with Crippen LogP contribution in [0.1, 0.15) is 15.9 Å². The minimum Gasteiger partial charge on any atom is -0.497 e. The number of methoxy groups -OCH3 is 2. The number of esters is 1. The summed E-state index contributed by atoms with van der Waals surface area (Å²) in [7, 11) is 3.04. The summed E-state index contributed by atoms with van der Waals surface area (Å²) in [5.41, 5.74) is 2.54. The molecule has 3 rings (SSSR count). The number of benzene rings is 2. The first-order valence-corrected chi connectivity index (χ1v) is 8.42. The van der Waals surface area contributed by atoms with Gasteiger partial charge in [-0.05, 0) is 52.4 Å². The molecule has 24 heavy (non-hydrogen) atoms. The lowest BCUT2D eigenvalue weighted by Gasteiger charge is -2.05. The van der Waals surface area contributed by atoms with Crippen LogP contribution in [0.3, 0.4) is 0 Å². The number of ether oxygens (including phenoxy) is 2. The Labute approximate surface area is 153 Å². The van der Waals surface area contributed by atoms with Gasteiger partial charge in [0.25, 0.3) is 0 Å². The fraction of sp³-hybridized carbons (Fsp3) is 0.105. The van der Waals surface area contributed by atoms with Crippen LogP contribution < -0.4 is 4.74 Å². The zero-order valence-electron chi connectivity index (χ0n) is 13.3. The van der Waals surface area contributed by atoms with Crippen molar-refractivity contribution in [2.45, 2.75) is 0 Å². The normalized spacial score (nSPS) is 11.5. The summed E-state index contributed by atoms with van der Waals surface area (Å²) in [6, 6.07) is 15.6. The number of halogens is 1. The molecule has 0 fully saturated rings. The Hall–Kier alpha value is -2.28. The van der Waals surface area contributed by atoms with Crippen molar-refractivity contribution in [3.8, 4) is 5.75 Å². The second-order valence-corrected chi connectivity index (χ2v) is 6.27. The van der Waals surface area contributed by atoms with Gasteiger partial charge in [0.2, 0.25) is 0 Å². The quantitative estimate of drug-likeness (QED) is 0.437. The molecule has 122 valence electrons. The standard InChI is InChI=1S/C19H16INO3/c1-23-14-7-5-6-13(10-14)11-18(20)21-12-16(19(22)24-2)15-8-3-4-9-17(15)21/h3-12H,1-2H3/b18-11-. The summed E-state index contributed by atoms with van der Waals surface area (Å²) < 4.78 is 13.1. The Kier molecular flexibility index (Phi) is 4.89. The molecule has 1 heterocycles. The van der Waals surface area contributed by atoms with Crippen LogP contribution >= 0.6 is 22.6 Å². The van der Waals surface area contributed by atoms with E-state index >= 15 is 0 Å². The molecule has 0 saturated carbocycles. The first kappa shape index (κ1) is 16.6. The van der Waals surface area contributed by atoms with Crippen molar-refractivity contribution in [3.05, 3.63) is 65.9 Å². The molecule has 0 atom stereocenters. The van der Waals surface area contributed by atoms with Crippen molar-refractivity contribution in [2.75, 3.05) is 14.2 Å². The zero-order valence-corrected chi connectivity index (χ0v) is 15.5. The van der Waals surface area contributed by atoms with Crippen molar-refractivity contribution in [1.29, 1.82) is 0 Å². The van der Waals surface area contributed by atoms with E-state index in [1.165, 1.54) is 7.11 Å². The van der Waals surface area contributed by atoms with Crippen molar-refractivity contribution < 1.29 is 14.3 Å². The van der Waals surface area contributed by atoms with Gasteiger partial charge in [-0.1, -0.05) is 30.3 Å². The highest BCUT2D eigenvalue weighted by molar-refractivity contribution is 14.1. The summed E-state index contributed by atoms with van der Waals surface area (Å²) >= 11 is 2.26. The van der Waals surface area contributed by atoms with E-state index in [2.05, 4.69) is 22.6 Å². The van der Waals surface area contributed by atoms with E-state index in [0.717, 1.165) is 25.9 Å². The van der Waals surface area contributed by atoms with Crippen LogP contribution in [0.25, 0.3) is 20.7 Å². The number of nitrogens with zero attached hydrogens (tertiary/aromatic N) is 1. The van der Waals surface area contributed by atoms with Gasteiger partial charge in [-0.3, -0.25) is 0 Å². The molecular weight excluding hydrogens is 417 g/mol. The average molecular weight is 433 g/mol. The van der Waals surface area contributed by atoms with Crippen molar-refractivity contribution in [2.24, 2.45) is 0 Å². The van der Waals surface area contributed by atoms with Crippen molar-refractivity contribution in [3.63, 3.8) is 0 Å². The smallest absolute Gasteiger partial charge is 0.340 e. The Balaban J connectivity index is 2.11. The number of para-hydroxylation sites is 1. The van der Waals surface area contributed by atoms with Crippen LogP contribution in [0.4, 0.5) is 0 Å². The summed E-state index contributed by atoms with van der Waals surface area (Å²) in [4.78, 5) is 12.0. The second kappa shape index (κ2) is 7.09. The SMILES string of the molecule is COC(=O)c1cn(/C(I)=C\c2cccc(OC)c2)c2ccccc12. The minimum absolute atomic E-state index is 0.337. The van der Waals surface area contributed by atoms with Gasteiger partial charge in [0, 0.05) is 11.6 Å². The Morgan fingerprint density at radius 1 is 1.12 bits per heavy atom. The molecule has 3 aromatic rings. The Morgan fingerprint density at radius 2 is 1.92 bits per heavy atom. The van der Waals surface area contributed by atoms with Gasteiger partial charge < -0.3 is 14.0 Å². The van der Waals surface area contributed by atoms with E-state index in [4.69, 9.17) is 9.47 Å². The van der Waals surface area contributed by atoms with Crippen LogP contribution in [0.2, 0.25) is 0 Å². The largest absolute Gasteiger partial charge is 0.497 e. The predicted molar refractivity (Wildman–Crippen MR) is 104 cm³/mol. The third-order valence-electron chi connectivity index (χ3n) is 3.73. The number of carbonyl (C=O) groups is 1. The second-order valence-electron chi connectivity index (χ2n) is 5.17. The molecule has 0 N–H and O–H groups in total. The van der Waals surface area contributed by atoms with Crippen LogP contribution in [0.5, 0.6) is 5.75 Å². The molecule has 5 heteroatoms. The molecule has 1 aromatic heterocycles. The fourth-order valence-corrected chi connectivity index (χ4v) is 3.33. The summed E-state index contributed by atoms with van der Waals surface area (Å²) in [6.07, 6.45) is 3.85. The van der Waals surface area contributed by atoms with Gasteiger partial charge in [-0.15, -0.1) is 0 Å². The Morgan fingerprint density at radius 3 is 2.67 bits per heavy atom. The molecule has 0 aliphatic heterocycles. The molecular formula is C19H16INO3. The van der Waals surface area contributed by atoms with Gasteiger partial charge >= 0.3 is 5.97 Å². The van der Waals surface area contributed by atoms with Crippen molar-refractivity contribution >= 4 is 49.2 Å². The first-order chi connectivity index (χ1) is 11.6. The van der Waals surface area contributed by atoms with Crippen molar-refractivity contribution in [1.82, 2.24) is 4.57 Å². The van der Waals surface area contributed by atoms with Gasteiger partial charge in [0.15, 0.2) is 0 Å². The maximum absolute atomic E-state index is 12.0. The molecule has 0 saturated heterocycles. The zero-order chi connectivity index (χ0) is 17.1. The van der Waals surface area contributed by atoms with Crippen LogP contribution in [0.15, 0.2) is 54.7 Å². The highest BCUT2D eigenvalue weighted by Gasteiger charge is 2.16. The van der Waals surface area contributed by atoms with Gasteiger partial charge in [0.05, 0.1) is 29.0 Å². The molecule has 0 radical (unpaired) electrons. The molecule has 0 bridgehead atoms. The van der Waals surface area contributed by atoms with Crippen LogP contribution in [-0.2, 0) is 4.74 Å². The van der Waals surface area contributed by atoms with Gasteiger partial charge in [-0.2, -0.15) is 0 Å². The van der Waals surface area contributed by atoms with E-state index in [1.54, 1.807) is 7.11 Å². The maximum atomic E-state index is 12.0. The molecule has 0 amide bonds. The summed E-state index contributed by atoms with van der Waals surface area (Å²) in [5, 5.41) is 0.873. The Bertz CT molecular complexity index is 927. The molecule has 0 unspecified atom stereocenters. The lowest BCUT2D eigenvalue weighted by Crippen LogP contribution is -1.99. The molecule has 0 aliphatic carbocycles.